The van der Waals surface area contributed by atoms with Gasteiger partial charge in [0.05, 0.1) is 0 Å². The van der Waals surface area contributed by atoms with E-state index in [-0.39, 0.29) is 0 Å². The highest BCUT2D eigenvalue weighted by Crippen LogP contribution is 2.33. The lowest BCUT2D eigenvalue weighted by molar-refractivity contribution is 0.475. The van der Waals surface area contributed by atoms with Gasteiger partial charge >= 0.3 is 0 Å². The molecule has 0 heterocycles. The van der Waals surface area contributed by atoms with Gasteiger partial charge < -0.3 is 5.11 Å². The van der Waals surface area contributed by atoms with E-state index in [1.165, 1.54) is 22.3 Å². The van der Waals surface area contributed by atoms with Crippen molar-refractivity contribution < 1.29 is 5.11 Å². The lowest BCUT2D eigenvalue weighted by Gasteiger charge is -2.11. The topological polar surface area (TPSA) is 20.2 Å². The highest BCUT2D eigenvalue weighted by atomic mass is 16.3. The maximum Gasteiger partial charge on any atom is 0.115 e. The Kier molecular flexibility index (Phi) is 3.26. The fourth-order valence-corrected chi connectivity index (χ4v) is 2.41. The number of hydrogen-bond donors (Lipinski definition) is 1. The van der Waals surface area contributed by atoms with Crippen LogP contribution in [0.25, 0.3) is 22.3 Å². The third kappa shape index (κ3) is 2.43. The molecule has 0 aliphatic rings. The Morgan fingerprint density at radius 2 is 1.30 bits per heavy atom. The van der Waals surface area contributed by atoms with Gasteiger partial charge in [0.1, 0.15) is 5.75 Å². The molecular formula is C19H16O. The van der Waals surface area contributed by atoms with Gasteiger partial charge in [-0.2, -0.15) is 0 Å². The zero-order chi connectivity index (χ0) is 13.9. The summed E-state index contributed by atoms with van der Waals surface area (Å²) in [7, 11) is 0. The maximum absolute atomic E-state index is 9.43. The molecule has 0 atom stereocenters. The minimum Gasteiger partial charge on any atom is -0.508 e. The van der Waals surface area contributed by atoms with E-state index in [1.807, 2.05) is 18.2 Å². The van der Waals surface area contributed by atoms with Crippen LogP contribution in [0.15, 0.2) is 72.8 Å². The van der Waals surface area contributed by atoms with Crippen LogP contribution >= 0.6 is 0 Å². The smallest absolute Gasteiger partial charge is 0.115 e. The normalized spacial score (nSPS) is 10.4. The lowest BCUT2D eigenvalue weighted by Crippen LogP contribution is -1.86. The third-order valence-electron chi connectivity index (χ3n) is 3.44. The summed E-state index contributed by atoms with van der Waals surface area (Å²) in [5, 5.41) is 9.43. The minimum atomic E-state index is 0.294. The summed E-state index contributed by atoms with van der Waals surface area (Å²) < 4.78 is 0. The number of phenolic OH excluding ortho intramolecular Hbond substituents is 1. The monoisotopic (exact) mass is 260 g/mol. The Hall–Kier alpha value is -2.54. The molecule has 98 valence electrons. The van der Waals surface area contributed by atoms with E-state index in [0.717, 1.165) is 5.56 Å². The van der Waals surface area contributed by atoms with Crippen molar-refractivity contribution in [3.05, 3.63) is 78.4 Å². The molecule has 0 unspecified atom stereocenters. The molecule has 0 amide bonds. The first-order valence-corrected chi connectivity index (χ1v) is 6.69. The second-order valence-corrected chi connectivity index (χ2v) is 4.96. The molecule has 0 saturated carbocycles. The Morgan fingerprint density at radius 3 is 2.00 bits per heavy atom. The van der Waals surface area contributed by atoms with Gasteiger partial charge in [0, 0.05) is 0 Å². The summed E-state index contributed by atoms with van der Waals surface area (Å²) in [5.41, 5.74) is 5.96. The Morgan fingerprint density at radius 1 is 0.650 bits per heavy atom. The van der Waals surface area contributed by atoms with Gasteiger partial charge in [-0.05, 0) is 41.3 Å². The first-order valence-electron chi connectivity index (χ1n) is 6.69. The molecule has 0 fully saturated rings. The van der Waals surface area contributed by atoms with Gasteiger partial charge in [-0.25, -0.2) is 0 Å². The number of phenols is 1. The fourth-order valence-electron chi connectivity index (χ4n) is 2.41. The molecule has 1 N–H and O–H groups in total. The van der Waals surface area contributed by atoms with Crippen molar-refractivity contribution in [3.8, 4) is 28.0 Å². The van der Waals surface area contributed by atoms with Gasteiger partial charge in [-0.3, -0.25) is 0 Å². The quantitative estimate of drug-likeness (QED) is 0.684. The summed E-state index contributed by atoms with van der Waals surface area (Å²) in [6.45, 7) is 2.10. The molecule has 0 aromatic heterocycles. The number of hydrogen-bond acceptors (Lipinski definition) is 1. The highest BCUT2D eigenvalue weighted by Gasteiger charge is 2.07. The molecule has 3 aromatic rings. The number of aryl methyl sites for hydroxylation is 1. The molecule has 0 radical (unpaired) electrons. The molecule has 0 aliphatic carbocycles. The molecule has 1 heteroatoms. The molecular weight excluding hydrogens is 244 g/mol. The van der Waals surface area contributed by atoms with E-state index in [0.29, 0.717) is 5.75 Å². The summed E-state index contributed by atoms with van der Waals surface area (Å²) in [6, 6.07) is 24.2. The van der Waals surface area contributed by atoms with Crippen molar-refractivity contribution in [3.63, 3.8) is 0 Å². The molecule has 3 rings (SSSR count). The average molecular weight is 260 g/mol. The van der Waals surface area contributed by atoms with Crippen LogP contribution < -0.4 is 0 Å². The molecule has 20 heavy (non-hydrogen) atoms. The van der Waals surface area contributed by atoms with Crippen LogP contribution in [0.2, 0.25) is 0 Å². The second kappa shape index (κ2) is 5.22. The van der Waals surface area contributed by atoms with Gasteiger partial charge in [-0.1, -0.05) is 66.2 Å². The predicted molar refractivity (Wildman–Crippen MR) is 83.7 cm³/mol. The standard InChI is InChI=1S/C19H16O/c1-14-7-12-18(16-8-10-17(20)11-9-16)19(13-14)15-5-3-2-4-6-15/h2-13,20H,1H3. The fraction of sp³-hybridized carbons (Fsp3) is 0.0526. The van der Waals surface area contributed by atoms with Crippen LogP contribution in [0.5, 0.6) is 5.75 Å². The first kappa shape index (κ1) is 12.5. The molecule has 3 aromatic carbocycles. The van der Waals surface area contributed by atoms with Crippen molar-refractivity contribution in [2.45, 2.75) is 6.92 Å². The summed E-state index contributed by atoms with van der Waals surface area (Å²) in [4.78, 5) is 0. The van der Waals surface area contributed by atoms with Crippen LogP contribution in [0.1, 0.15) is 5.56 Å². The van der Waals surface area contributed by atoms with Gasteiger partial charge in [0.2, 0.25) is 0 Å². The average Bonchev–Trinajstić information content (AvgIpc) is 2.49. The van der Waals surface area contributed by atoms with Crippen LogP contribution in [0.3, 0.4) is 0 Å². The summed E-state index contributed by atoms with van der Waals surface area (Å²) in [5.74, 6) is 0.294. The van der Waals surface area contributed by atoms with Crippen molar-refractivity contribution in [1.29, 1.82) is 0 Å². The largest absolute Gasteiger partial charge is 0.508 e. The minimum absolute atomic E-state index is 0.294. The van der Waals surface area contributed by atoms with E-state index in [9.17, 15) is 5.11 Å². The lowest BCUT2D eigenvalue weighted by atomic mass is 9.93. The van der Waals surface area contributed by atoms with Crippen LogP contribution in [-0.2, 0) is 0 Å². The molecule has 0 spiro atoms. The van der Waals surface area contributed by atoms with Gasteiger partial charge in [-0.15, -0.1) is 0 Å². The number of benzene rings is 3. The second-order valence-electron chi connectivity index (χ2n) is 4.96. The highest BCUT2D eigenvalue weighted by molar-refractivity contribution is 5.84. The van der Waals surface area contributed by atoms with Crippen molar-refractivity contribution in [2.75, 3.05) is 0 Å². The van der Waals surface area contributed by atoms with E-state index in [4.69, 9.17) is 0 Å². The zero-order valence-corrected chi connectivity index (χ0v) is 11.4. The van der Waals surface area contributed by atoms with Gasteiger partial charge in [0.15, 0.2) is 0 Å². The Labute approximate surface area is 119 Å². The van der Waals surface area contributed by atoms with E-state index in [1.54, 1.807) is 12.1 Å². The zero-order valence-electron chi connectivity index (χ0n) is 11.4. The van der Waals surface area contributed by atoms with E-state index < -0.39 is 0 Å². The van der Waals surface area contributed by atoms with E-state index in [2.05, 4.69) is 49.4 Å². The maximum atomic E-state index is 9.43. The molecule has 0 aliphatic heterocycles. The predicted octanol–water partition coefficient (Wildman–Crippen LogP) is 5.03. The SMILES string of the molecule is Cc1ccc(-c2ccc(O)cc2)c(-c2ccccc2)c1. The van der Waals surface area contributed by atoms with E-state index >= 15 is 0 Å². The van der Waals surface area contributed by atoms with Crippen LogP contribution in [0, 0.1) is 6.92 Å². The van der Waals surface area contributed by atoms with Crippen LogP contribution in [-0.4, -0.2) is 5.11 Å². The number of rotatable bonds is 2. The molecule has 1 nitrogen and oxygen atoms in total. The summed E-state index contributed by atoms with van der Waals surface area (Å²) >= 11 is 0. The third-order valence-corrected chi connectivity index (χ3v) is 3.44. The summed E-state index contributed by atoms with van der Waals surface area (Å²) in [6.07, 6.45) is 0. The number of aromatic hydroxyl groups is 1. The van der Waals surface area contributed by atoms with Crippen molar-refractivity contribution in [1.82, 2.24) is 0 Å². The Bertz CT molecular complexity index is 713. The Balaban J connectivity index is 2.19. The van der Waals surface area contributed by atoms with Crippen LogP contribution in [0.4, 0.5) is 0 Å². The van der Waals surface area contributed by atoms with Gasteiger partial charge in [0.25, 0.3) is 0 Å². The first-order chi connectivity index (χ1) is 9.74. The van der Waals surface area contributed by atoms with Crippen molar-refractivity contribution >= 4 is 0 Å². The molecule has 0 saturated heterocycles. The van der Waals surface area contributed by atoms with Crippen molar-refractivity contribution in [2.24, 2.45) is 0 Å². The molecule has 0 bridgehead atoms.